The molecule has 0 bridgehead atoms. The third-order valence-corrected chi connectivity index (χ3v) is 3.00. The zero-order chi connectivity index (χ0) is 13.5. The monoisotopic (exact) mass is 268 g/mol. The third-order valence-electron chi connectivity index (χ3n) is 2.19. The second-order valence-corrected chi connectivity index (χ2v) is 4.50. The first-order chi connectivity index (χ1) is 8.56. The zero-order valence-corrected chi connectivity index (χ0v) is 11.5. The van der Waals surface area contributed by atoms with Crippen molar-refractivity contribution in [3.63, 3.8) is 0 Å². The highest BCUT2D eigenvalue weighted by Gasteiger charge is 2.10. The van der Waals surface area contributed by atoms with Gasteiger partial charge in [-0.3, -0.25) is 14.9 Å². The highest BCUT2D eigenvalue weighted by molar-refractivity contribution is 7.14. The van der Waals surface area contributed by atoms with Crippen LogP contribution in [0.15, 0.2) is 17.0 Å². The number of nitrogens with zero attached hydrogens (tertiary/aromatic N) is 1. The lowest BCUT2D eigenvalue weighted by atomic mass is 10.2. The van der Waals surface area contributed by atoms with Gasteiger partial charge in [0.05, 0.1) is 19.2 Å². The highest BCUT2D eigenvalue weighted by Crippen LogP contribution is 2.16. The summed E-state index contributed by atoms with van der Waals surface area (Å²) in [5.74, 6) is -0.518. The van der Waals surface area contributed by atoms with Crippen LogP contribution in [0, 0.1) is 0 Å². The first-order valence-corrected chi connectivity index (χ1v) is 6.44. The molecule has 0 saturated carbocycles. The van der Waals surface area contributed by atoms with E-state index < -0.39 is 0 Å². The number of esters is 1. The van der Waals surface area contributed by atoms with E-state index in [1.54, 1.807) is 12.3 Å². The van der Waals surface area contributed by atoms with Gasteiger partial charge in [-0.15, -0.1) is 11.3 Å². The highest BCUT2D eigenvalue weighted by atomic mass is 32.1. The molecular formula is C12H16N2O3S. The fraction of sp³-hybridized carbons (Fsp3) is 0.417. The Hall–Kier alpha value is -1.69. The topological polar surface area (TPSA) is 68.3 Å². The first-order valence-electron chi connectivity index (χ1n) is 5.56. The third kappa shape index (κ3) is 4.29. The molecule has 98 valence electrons. The van der Waals surface area contributed by atoms with E-state index >= 15 is 0 Å². The van der Waals surface area contributed by atoms with Crippen LogP contribution in [-0.4, -0.2) is 24.0 Å². The number of nitrogens with one attached hydrogen (secondary N) is 1. The molecule has 0 fully saturated rings. The molecule has 0 spiro atoms. The molecule has 1 aromatic rings. The van der Waals surface area contributed by atoms with Crippen molar-refractivity contribution in [3.05, 3.63) is 22.7 Å². The fourth-order valence-electron chi connectivity index (χ4n) is 1.26. The van der Waals surface area contributed by atoms with Crippen LogP contribution in [0.5, 0.6) is 0 Å². The maximum Gasteiger partial charge on any atom is 0.311 e. The maximum atomic E-state index is 11.7. The largest absolute Gasteiger partial charge is 0.469 e. The second-order valence-electron chi connectivity index (χ2n) is 3.65. The molecule has 0 aliphatic rings. The van der Waals surface area contributed by atoms with Gasteiger partial charge in [-0.05, 0) is 13.3 Å². The number of anilines is 1. The first kappa shape index (κ1) is 14.4. The summed E-state index contributed by atoms with van der Waals surface area (Å²) in [7, 11) is 1.33. The van der Waals surface area contributed by atoms with Gasteiger partial charge in [0.25, 0.3) is 5.91 Å². The van der Waals surface area contributed by atoms with Crippen molar-refractivity contribution in [1.82, 2.24) is 4.98 Å². The smallest absolute Gasteiger partial charge is 0.311 e. The van der Waals surface area contributed by atoms with Crippen molar-refractivity contribution < 1.29 is 14.3 Å². The molecule has 18 heavy (non-hydrogen) atoms. The molecular weight excluding hydrogens is 252 g/mol. The van der Waals surface area contributed by atoms with E-state index in [0.717, 1.165) is 6.42 Å². The Labute approximate surface area is 110 Å². The zero-order valence-electron chi connectivity index (χ0n) is 10.6. The molecule has 0 unspecified atom stereocenters. The molecule has 1 N–H and O–H groups in total. The number of carbonyl (C=O) groups excluding carboxylic acids is 2. The van der Waals surface area contributed by atoms with Gasteiger partial charge < -0.3 is 4.74 Å². The van der Waals surface area contributed by atoms with Crippen LogP contribution in [0.2, 0.25) is 0 Å². The summed E-state index contributed by atoms with van der Waals surface area (Å²) in [6.45, 7) is 3.72. The summed E-state index contributed by atoms with van der Waals surface area (Å²) in [5, 5.41) is 4.90. The number of hydrogen-bond donors (Lipinski definition) is 1. The second kappa shape index (κ2) is 6.90. The molecule has 0 radical (unpaired) electrons. The van der Waals surface area contributed by atoms with Crippen LogP contribution < -0.4 is 5.32 Å². The van der Waals surface area contributed by atoms with Crippen LogP contribution in [0.25, 0.3) is 0 Å². The van der Waals surface area contributed by atoms with E-state index in [0.29, 0.717) is 16.4 Å². The predicted molar refractivity (Wildman–Crippen MR) is 70.5 cm³/mol. The molecule has 1 rings (SSSR count). The molecule has 0 aromatic carbocycles. The van der Waals surface area contributed by atoms with Crippen LogP contribution in [-0.2, 0) is 20.7 Å². The van der Waals surface area contributed by atoms with E-state index in [-0.39, 0.29) is 18.3 Å². The Balaban J connectivity index is 2.61. The summed E-state index contributed by atoms with van der Waals surface area (Å²) >= 11 is 1.29. The van der Waals surface area contributed by atoms with E-state index in [2.05, 4.69) is 15.0 Å². The lowest BCUT2D eigenvalue weighted by Gasteiger charge is -2.00. The Morgan fingerprint density at radius 2 is 2.28 bits per heavy atom. The van der Waals surface area contributed by atoms with Crippen molar-refractivity contribution in [1.29, 1.82) is 0 Å². The summed E-state index contributed by atoms with van der Waals surface area (Å²) in [5.41, 5.74) is 1.25. The van der Waals surface area contributed by atoms with E-state index in [1.165, 1.54) is 18.4 Å². The lowest BCUT2D eigenvalue weighted by molar-refractivity contribution is -0.139. The summed E-state index contributed by atoms with van der Waals surface area (Å²) < 4.78 is 4.54. The number of thiazole rings is 1. The Morgan fingerprint density at radius 1 is 1.56 bits per heavy atom. The fourth-order valence-corrected chi connectivity index (χ4v) is 1.97. The molecule has 5 nitrogen and oxygen atoms in total. The van der Waals surface area contributed by atoms with Gasteiger partial charge >= 0.3 is 5.97 Å². The minimum absolute atomic E-state index is 0.118. The number of ether oxygens (including phenoxy) is 1. The minimum Gasteiger partial charge on any atom is -0.469 e. The van der Waals surface area contributed by atoms with Gasteiger partial charge in [0, 0.05) is 11.0 Å². The van der Waals surface area contributed by atoms with Gasteiger partial charge in [0.2, 0.25) is 0 Å². The van der Waals surface area contributed by atoms with Crippen LogP contribution >= 0.6 is 11.3 Å². The molecule has 0 aliphatic carbocycles. The summed E-state index contributed by atoms with van der Waals surface area (Å²) in [4.78, 5) is 26.9. The van der Waals surface area contributed by atoms with Gasteiger partial charge in [0.1, 0.15) is 0 Å². The Morgan fingerprint density at radius 3 is 2.89 bits per heavy atom. The quantitative estimate of drug-likeness (QED) is 0.656. The van der Waals surface area contributed by atoms with Crippen molar-refractivity contribution in [2.75, 3.05) is 12.4 Å². The average Bonchev–Trinajstić information content (AvgIpc) is 2.76. The van der Waals surface area contributed by atoms with Gasteiger partial charge in [-0.1, -0.05) is 13.0 Å². The van der Waals surface area contributed by atoms with Crippen LogP contribution in [0.4, 0.5) is 5.13 Å². The van der Waals surface area contributed by atoms with E-state index in [9.17, 15) is 9.59 Å². The standard InChI is InChI=1S/C12H16N2O3S/c1-4-5-8(2)11(16)14-12-13-9(7-18-12)6-10(15)17-3/h5,7H,4,6H2,1-3H3,(H,13,14,16)/b8-5+. The number of rotatable bonds is 5. The van der Waals surface area contributed by atoms with Crippen molar-refractivity contribution in [2.24, 2.45) is 0 Å². The van der Waals surface area contributed by atoms with Gasteiger partial charge in [0.15, 0.2) is 5.13 Å². The number of allylic oxidation sites excluding steroid dienone is 1. The van der Waals surface area contributed by atoms with Crippen LogP contribution in [0.1, 0.15) is 26.0 Å². The van der Waals surface area contributed by atoms with Gasteiger partial charge in [-0.25, -0.2) is 4.98 Å². The summed E-state index contributed by atoms with van der Waals surface area (Å²) in [6, 6.07) is 0. The Kier molecular flexibility index (Phi) is 5.51. The van der Waals surface area contributed by atoms with E-state index in [4.69, 9.17) is 0 Å². The average molecular weight is 268 g/mol. The Bertz CT molecular complexity index is 466. The molecule has 0 saturated heterocycles. The number of methoxy groups -OCH3 is 1. The number of aromatic nitrogens is 1. The molecule has 1 amide bonds. The molecule has 0 aliphatic heterocycles. The minimum atomic E-state index is -0.347. The lowest BCUT2D eigenvalue weighted by Crippen LogP contribution is -2.12. The predicted octanol–water partition coefficient (Wildman–Crippen LogP) is 2.15. The van der Waals surface area contributed by atoms with Crippen molar-refractivity contribution >= 4 is 28.3 Å². The normalized spacial score (nSPS) is 11.2. The SMILES string of the molecule is CC/C=C(\C)C(=O)Nc1nc(CC(=O)OC)cs1. The summed E-state index contributed by atoms with van der Waals surface area (Å²) in [6.07, 6.45) is 2.77. The maximum absolute atomic E-state index is 11.7. The van der Waals surface area contributed by atoms with Crippen molar-refractivity contribution in [2.45, 2.75) is 26.7 Å². The van der Waals surface area contributed by atoms with Gasteiger partial charge in [-0.2, -0.15) is 0 Å². The van der Waals surface area contributed by atoms with E-state index in [1.807, 2.05) is 13.0 Å². The van der Waals surface area contributed by atoms with Crippen LogP contribution in [0.3, 0.4) is 0 Å². The number of hydrogen-bond acceptors (Lipinski definition) is 5. The number of amides is 1. The molecule has 6 heteroatoms. The molecule has 0 atom stereocenters. The molecule has 1 heterocycles. The molecule has 1 aromatic heterocycles. The van der Waals surface area contributed by atoms with Crippen molar-refractivity contribution in [3.8, 4) is 0 Å². The number of carbonyl (C=O) groups is 2.